The van der Waals surface area contributed by atoms with Crippen molar-refractivity contribution in [2.45, 2.75) is 0 Å². The first-order valence-corrected chi connectivity index (χ1v) is 7.08. The van der Waals surface area contributed by atoms with Crippen molar-refractivity contribution in [2.24, 2.45) is 0 Å². The van der Waals surface area contributed by atoms with E-state index in [1.54, 1.807) is 48.5 Å². The molecule has 2 N–H and O–H groups in total. The summed E-state index contributed by atoms with van der Waals surface area (Å²) in [5.41, 5.74) is 0.687. The van der Waals surface area contributed by atoms with Crippen LogP contribution in [0.3, 0.4) is 0 Å². The molecule has 0 aliphatic carbocycles. The summed E-state index contributed by atoms with van der Waals surface area (Å²) in [5, 5.41) is 11.7. The molecule has 124 valence electrons. The number of benzene rings is 2. The van der Waals surface area contributed by atoms with Crippen molar-refractivity contribution in [1.29, 1.82) is 0 Å². The first-order valence-electron chi connectivity index (χ1n) is 7.08. The summed E-state index contributed by atoms with van der Waals surface area (Å²) < 4.78 is 10.3. The normalized spacial score (nSPS) is 10.8. The number of hydrogen-bond acceptors (Lipinski definition) is 4. The van der Waals surface area contributed by atoms with Crippen LogP contribution in [-0.4, -0.2) is 31.2 Å². The number of ether oxygens (including phenoxy) is 2. The van der Waals surface area contributed by atoms with E-state index >= 15 is 0 Å². The van der Waals surface area contributed by atoms with Gasteiger partial charge in [0.15, 0.2) is 11.5 Å². The molecular weight excluding hydrogens is 310 g/mol. The van der Waals surface area contributed by atoms with Crippen LogP contribution in [0.25, 0.3) is 6.08 Å². The van der Waals surface area contributed by atoms with Gasteiger partial charge in [-0.3, -0.25) is 4.79 Å². The lowest BCUT2D eigenvalue weighted by molar-refractivity contribution is -0.132. The third kappa shape index (κ3) is 4.13. The molecule has 0 saturated heterocycles. The van der Waals surface area contributed by atoms with E-state index in [9.17, 15) is 14.7 Å². The number of aliphatic carboxylic acids is 1. The molecule has 0 atom stereocenters. The average molecular weight is 327 g/mol. The van der Waals surface area contributed by atoms with Gasteiger partial charge in [-0.1, -0.05) is 24.3 Å². The zero-order chi connectivity index (χ0) is 17.5. The van der Waals surface area contributed by atoms with Crippen molar-refractivity contribution in [1.82, 2.24) is 5.32 Å². The summed E-state index contributed by atoms with van der Waals surface area (Å²) in [6, 6.07) is 13.3. The zero-order valence-electron chi connectivity index (χ0n) is 13.3. The van der Waals surface area contributed by atoms with E-state index in [1.165, 1.54) is 20.3 Å². The summed E-state index contributed by atoms with van der Waals surface area (Å²) in [4.78, 5) is 23.5. The molecule has 2 rings (SSSR count). The predicted octanol–water partition coefficient (Wildman–Crippen LogP) is 2.56. The van der Waals surface area contributed by atoms with Crippen LogP contribution in [-0.2, 0) is 4.79 Å². The van der Waals surface area contributed by atoms with Crippen LogP contribution in [0.5, 0.6) is 11.5 Å². The summed E-state index contributed by atoms with van der Waals surface area (Å²) in [7, 11) is 3.00. The number of hydrogen-bond donors (Lipinski definition) is 2. The maximum Gasteiger partial charge on any atom is 0.352 e. The van der Waals surface area contributed by atoms with Crippen LogP contribution in [0.2, 0.25) is 0 Å². The lowest BCUT2D eigenvalue weighted by atomic mass is 10.1. The van der Waals surface area contributed by atoms with Crippen LogP contribution in [0.15, 0.2) is 54.2 Å². The van der Waals surface area contributed by atoms with Crippen LogP contribution in [0.4, 0.5) is 0 Å². The summed E-state index contributed by atoms with van der Waals surface area (Å²) in [6.07, 6.45) is 1.35. The maximum absolute atomic E-state index is 12.1. The van der Waals surface area contributed by atoms with Gasteiger partial charge >= 0.3 is 5.97 Å². The minimum Gasteiger partial charge on any atom is -0.493 e. The van der Waals surface area contributed by atoms with Gasteiger partial charge in [0.05, 0.1) is 14.2 Å². The lowest BCUT2D eigenvalue weighted by Crippen LogP contribution is -2.27. The molecule has 2 aromatic carbocycles. The van der Waals surface area contributed by atoms with Gasteiger partial charge in [0.1, 0.15) is 5.70 Å². The molecule has 6 nitrogen and oxygen atoms in total. The molecule has 0 aliphatic heterocycles. The van der Waals surface area contributed by atoms with Crippen molar-refractivity contribution < 1.29 is 24.2 Å². The lowest BCUT2D eigenvalue weighted by Gasteiger charge is -2.09. The Hall–Kier alpha value is -3.28. The van der Waals surface area contributed by atoms with Gasteiger partial charge in [0, 0.05) is 5.56 Å². The van der Waals surface area contributed by atoms with Gasteiger partial charge in [0.2, 0.25) is 0 Å². The fourth-order valence-electron chi connectivity index (χ4n) is 2.04. The number of carbonyl (C=O) groups excluding carboxylic acids is 1. The van der Waals surface area contributed by atoms with E-state index < -0.39 is 11.9 Å². The second kappa shape index (κ2) is 7.82. The first-order chi connectivity index (χ1) is 11.5. The highest BCUT2D eigenvalue weighted by atomic mass is 16.5. The number of rotatable bonds is 6. The molecule has 0 unspecified atom stereocenters. The molecule has 2 aromatic rings. The Bertz CT molecular complexity index is 768. The molecule has 0 aromatic heterocycles. The van der Waals surface area contributed by atoms with E-state index in [2.05, 4.69) is 5.32 Å². The molecule has 0 aliphatic rings. The smallest absolute Gasteiger partial charge is 0.352 e. The van der Waals surface area contributed by atoms with Gasteiger partial charge < -0.3 is 19.9 Å². The van der Waals surface area contributed by atoms with Gasteiger partial charge in [0.25, 0.3) is 5.91 Å². The van der Waals surface area contributed by atoms with Gasteiger partial charge in [-0.25, -0.2) is 4.79 Å². The number of nitrogens with one attached hydrogen (secondary N) is 1. The van der Waals surface area contributed by atoms with Crippen molar-refractivity contribution in [3.8, 4) is 11.5 Å². The number of methoxy groups -OCH3 is 2. The summed E-state index contributed by atoms with van der Waals surface area (Å²) in [6.45, 7) is 0. The minimum absolute atomic E-state index is 0.240. The molecule has 0 spiro atoms. The molecule has 0 saturated carbocycles. The molecule has 6 heteroatoms. The van der Waals surface area contributed by atoms with E-state index in [0.717, 1.165) is 0 Å². The monoisotopic (exact) mass is 327 g/mol. The van der Waals surface area contributed by atoms with E-state index in [-0.39, 0.29) is 5.70 Å². The fraction of sp³-hybridized carbons (Fsp3) is 0.111. The topological polar surface area (TPSA) is 84.9 Å². The maximum atomic E-state index is 12.1. The molecule has 24 heavy (non-hydrogen) atoms. The number of carbonyl (C=O) groups is 2. The Morgan fingerprint density at radius 2 is 1.67 bits per heavy atom. The standard InChI is InChI=1S/C18H17NO5/c1-23-15-9-8-12(11-16(15)24-2)10-14(18(21)22)19-17(20)13-6-4-3-5-7-13/h3-11H,1-2H3,(H,19,20)(H,21,22). The number of carboxylic acids is 1. The third-order valence-electron chi connectivity index (χ3n) is 3.23. The van der Waals surface area contributed by atoms with E-state index in [0.29, 0.717) is 22.6 Å². The van der Waals surface area contributed by atoms with Crippen LogP contribution in [0.1, 0.15) is 15.9 Å². The Morgan fingerprint density at radius 1 is 1.00 bits per heavy atom. The summed E-state index contributed by atoms with van der Waals surface area (Å²) in [5.74, 6) is -0.746. The summed E-state index contributed by atoms with van der Waals surface area (Å²) >= 11 is 0. The fourth-order valence-corrected chi connectivity index (χ4v) is 2.04. The van der Waals surface area contributed by atoms with Crippen LogP contribution in [0, 0.1) is 0 Å². The highest BCUT2D eigenvalue weighted by molar-refractivity contribution is 6.02. The average Bonchev–Trinajstić information content (AvgIpc) is 2.61. The SMILES string of the molecule is COc1ccc(C=C(NC(=O)c2ccccc2)C(=O)O)cc1OC. The van der Waals surface area contributed by atoms with Gasteiger partial charge in [-0.2, -0.15) is 0 Å². The number of carboxylic acid groups (broad SMARTS) is 1. The predicted molar refractivity (Wildman–Crippen MR) is 89.1 cm³/mol. The number of amides is 1. The Labute approximate surface area is 139 Å². The second-order valence-electron chi connectivity index (χ2n) is 4.80. The second-order valence-corrected chi connectivity index (χ2v) is 4.80. The molecule has 0 radical (unpaired) electrons. The van der Waals surface area contributed by atoms with Crippen molar-refractivity contribution in [3.63, 3.8) is 0 Å². The largest absolute Gasteiger partial charge is 0.493 e. The molecule has 0 heterocycles. The molecule has 0 bridgehead atoms. The third-order valence-corrected chi connectivity index (χ3v) is 3.23. The highest BCUT2D eigenvalue weighted by Crippen LogP contribution is 2.28. The molecule has 0 fully saturated rings. The zero-order valence-corrected chi connectivity index (χ0v) is 13.3. The quantitative estimate of drug-likeness (QED) is 0.797. The minimum atomic E-state index is -1.24. The van der Waals surface area contributed by atoms with Crippen LogP contribution >= 0.6 is 0 Å². The van der Waals surface area contributed by atoms with Crippen molar-refractivity contribution in [3.05, 3.63) is 65.4 Å². The van der Waals surface area contributed by atoms with E-state index in [4.69, 9.17) is 9.47 Å². The van der Waals surface area contributed by atoms with Gasteiger partial charge in [-0.05, 0) is 35.9 Å². The van der Waals surface area contributed by atoms with Gasteiger partial charge in [-0.15, -0.1) is 0 Å². The first kappa shape index (κ1) is 17.1. The highest BCUT2D eigenvalue weighted by Gasteiger charge is 2.14. The molecule has 1 amide bonds. The van der Waals surface area contributed by atoms with E-state index in [1.807, 2.05) is 0 Å². The Balaban J connectivity index is 2.29. The van der Waals surface area contributed by atoms with Crippen molar-refractivity contribution >= 4 is 18.0 Å². The molecular formula is C18H17NO5. The van der Waals surface area contributed by atoms with Crippen molar-refractivity contribution in [2.75, 3.05) is 14.2 Å². The van der Waals surface area contributed by atoms with Crippen LogP contribution < -0.4 is 14.8 Å². The Morgan fingerprint density at radius 3 is 2.25 bits per heavy atom. The Kier molecular flexibility index (Phi) is 5.57.